The van der Waals surface area contributed by atoms with E-state index in [4.69, 9.17) is 4.99 Å². The number of nitrogens with zero attached hydrogens (tertiary/aromatic N) is 3. The second-order valence-electron chi connectivity index (χ2n) is 5.19. The summed E-state index contributed by atoms with van der Waals surface area (Å²) in [4.78, 5) is 12.8. The summed E-state index contributed by atoms with van der Waals surface area (Å²) in [6, 6.07) is 10.3. The number of aromatic nitrogens is 1. The molecule has 0 aliphatic carbocycles. The Labute approximate surface area is 136 Å². The maximum absolute atomic E-state index is 4.70. The molecule has 0 unspecified atom stereocenters. The van der Waals surface area contributed by atoms with Crippen LogP contribution in [-0.2, 0) is 13.0 Å². The lowest BCUT2D eigenvalue weighted by Gasteiger charge is -2.21. The van der Waals surface area contributed by atoms with Gasteiger partial charge in [0.2, 0.25) is 0 Å². The highest BCUT2D eigenvalue weighted by Crippen LogP contribution is 2.09. The summed E-state index contributed by atoms with van der Waals surface area (Å²) < 4.78 is 0. The van der Waals surface area contributed by atoms with Crippen LogP contribution in [0.1, 0.15) is 23.2 Å². The van der Waals surface area contributed by atoms with E-state index in [0.717, 1.165) is 36.9 Å². The smallest absolute Gasteiger partial charge is 0.194 e. The average molecular weight is 316 g/mol. The number of pyridine rings is 1. The van der Waals surface area contributed by atoms with Crippen LogP contribution >= 0.6 is 11.3 Å². The first-order valence-electron chi connectivity index (χ1n) is 7.63. The van der Waals surface area contributed by atoms with Crippen LogP contribution in [-0.4, -0.2) is 36.0 Å². The third-order valence-corrected chi connectivity index (χ3v) is 4.24. The number of guanidine groups is 1. The molecule has 118 valence electrons. The van der Waals surface area contributed by atoms with E-state index in [1.165, 1.54) is 4.88 Å². The van der Waals surface area contributed by atoms with Crippen molar-refractivity contribution in [2.75, 3.05) is 20.1 Å². The van der Waals surface area contributed by atoms with Crippen LogP contribution in [0.25, 0.3) is 0 Å². The molecule has 0 spiro atoms. The zero-order valence-electron chi connectivity index (χ0n) is 13.5. The molecule has 2 aromatic heterocycles. The second-order valence-corrected chi connectivity index (χ2v) is 6.22. The SMILES string of the molecule is CCNC(=NCc1cccc(C)n1)N(C)CCc1cccs1. The Morgan fingerprint density at radius 2 is 2.18 bits per heavy atom. The molecule has 0 radical (unpaired) electrons. The van der Waals surface area contributed by atoms with E-state index in [9.17, 15) is 0 Å². The summed E-state index contributed by atoms with van der Waals surface area (Å²) >= 11 is 1.80. The van der Waals surface area contributed by atoms with Gasteiger partial charge in [-0.2, -0.15) is 0 Å². The van der Waals surface area contributed by atoms with Crippen molar-refractivity contribution in [3.8, 4) is 0 Å². The highest BCUT2D eigenvalue weighted by molar-refractivity contribution is 7.09. The quantitative estimate of drug-likeness (QED) is 0.657. The van der Waals surface area contributed by atoms with Crippen molar-refractivity contribution in [3.05, 3.63) is 52.0 Å². The molecule has 2 aromatic rings. The molecular weight excluding hydrogens is 292 g/mol. The van der Waals surface area contributed by atoms with Crippen molar-refractivity contribution in [2.24, 2.45) is 4.99 Å². The van der Waals surface area contributed by atoms with Crippen LogP contribution in [0, 0.1) is 6.92 Å². The van der Waals surface area contributed by atoms with Crippen LogP contribution in [0.5, 0.6) is 0 Å². The standard InChI is InChI=1S/C17H24N4S/c1-4-18-17(19-13-15-8-5-7-14(2)20-15)21(3)11-10-16-9-6-12-22-16/h5-9,12H,4,10-11,13H2,1-3H3,(H,18,19). The third kappa shape index (κ3) is 5.15. The Morgan fingerprint density at radius 1 is 1.32 bits per heavy atom. The molecular formula is C17H24N4S. The van der Waals surface area contributed by atoms with Gasteiger partial charge in [-0.15, -0.1) is 11.3 Å². The van der Waals surface area contributed by atoms with E-state index in [0.29, 0.717) is 6.54 Å². The fraction of sp³-hybridized carbons (Fsp3) is 0.412. The maximum atomic E-state index is 4.70. The number of nitrogens with one attached hydrogen (secondary N) is 1. The summed E-state index contributed by atoms with van der Waals surface area (Å²) in [6.45, 7) is 6.52. The molecule has 2 heterocycles. The summed E-state index contributed by atoms with van der Waals surface area (Å²) in [5.74, 6) is 0.933. The fourth-order valence-electron chi connectivity index (χ4n) is 2.15. The van der Waals surface area contributed by atoms with Gasteiger partial charge in [-0.05, 0) is 43.8 Å². The van der Waals surface area contributed by atoms with E-state index in [-0.39, 0.29) is 0 Å². The van der Waals surface area contributed by atoms with Crippen molar-refractivity contribution >= 4 is 17.3 Å². The van der Waals surface area contributed by atoms with Gasteiger partial charge in [0.25, 0.3) is 0 Å². The molecule has 0 aliphatic heterocycles. The van der Waals surface area contributed by atoms with E-state index in [2.05, 4.69) is 46.7 Å². The fourth-order valence-corrected chi connectivity index (χ4v) is 2.85. The lowest BCUT2D eigenvalue weighted by molar-refractivity contribution is 0.486. The molecule has 4 nitrogen and oxygen atoms in total. The van der Waals surface area contributed by atoms with Gasteiger partial charge in [0.05, 0.1) is 12.2 Å². The van der Waals surface area contributed by atoms with Gasteiger partial charge >= 0.3 is 0 Å². The molecule has 5 heteroatoms. The number of rotatable bonds is 6. The van der Waals surface area contributed by atoms with E-state index in [1.54, 1.807) is 11.3 Å². The normalized spacial score (nSPS) is 11.5. The van der Waals surface area contributed by atoms with Crippen molar-refractivity contribution < 1.29 is 0 Å². The maximum Gasteiger partial charge on any atom is 0.194 e. The first-order chi connectivity index (χ1) is 10.7. The Kier molecular flexibility index (Phi) is 6.40. The van der Waals surface area contributed by atoms with E-state index in [1.807, 2.05) is 25.1 Å². The molecule has 0 saturated heterocycles. The monoisotopic (exact) mass is 316 g/mol. The van der Waals surface area contributed by atoms with Crippen molar-refractivity contribution in [1.29, 1.82) is 0 Å². The van der Waals surface area contributed by atoms with Gasteiger partial charge < -0.3 is 10.2 Å². The minimum Gasteiger partial charge on any atom is -0.357 e. The van der Waals surface area contributed by atoms with E-state index < -0.39 is 0 Å². The number of likely N-dealkylation sites (N-methyl/N-ethyl adjacent to an activating group) is 1. The minimum absolute atomic E-state index is 0.605. The highest BCUT2D eigenvalue weighted by atomic mass is 32.1. The average Bonchev–Trinajstić information content (AvgIpc) is 3.02. The van der Waals surface area contributed by atoms with Gasteiger partial charge in [0, 0.05) is 30.7 Å². The molecule has 22 heavy (non-hydrogen) atoms. The largest absolute Gasteiger partial charge is 0.357 e. The van der Waals surface area contributed by atoms with Crippen molar-refractivity contribution in [2.45, 2.75) is 26.8 Å². The van der Waals surface area contributed by atoms with Crippen LogP contribution < -0.4 is 5.32 Å². The first-order valence-corrected chi connectivity index (χ1v) is 8.51. The van der Waals surface area contributed by atoms with Crippen LogP contribution in [0.4, 0.5) is 0 Å². The highest BCUT2D eigenvalue weighted by Gasteiger charge is 2.06. The second kappa shape index (κ2) is 8.54. The molecule has 0 aromatic carbocycles. The van der Waals surface area contributed by atoms with E-state index >= 15 is 0 Å². The molecule has 0 bridgehead atoms. The van der Waals surface area contributed by atoms with Gasteiger partial charge in [0.1, 0.15) is 0 Å². The number of hydrogen-bond donors (Lipinski definition) is 1. The summed E-state index contributed by atoms with van der Waals surface area (Å²) in [6.07, 6.45) is 1.04. The predicted molar refractivity (Wildman–Crippen MR) is 94.4 cm³/mol. The molecule has 0 amide bonds. The van der Waals surface area contributed by atoms with Crippen LogP contribution in [0.2, 0.25) is 0 Å². The Morgan fingerprint density at radius 3 is 2.86 bits per heavy atom. The van der Waals surface area contributed by atoms with Gasteiger partial charge in [-0.25, -0.2) is 4.99 Å². The minimum atomic E-state index is 0.605. The predicted octanol–water partition coefficient (Wildman–Crippen LogP) is 3.09. The summed E-state index contributed by atoms with van der Waals surface area (Å²) in [5, 5.41) is 5.47. The molecule has 1 N–H and O–H groups in total. The van der Waals surface area contributed by atoms with Gasteiger partial charge in [-0.3, -0.25) is 4.98 Å². The lowest BCUT2D eigenvalue weighted by atomic mass is 10.3. The lowest BCUT2D eigenvalue weighted by Crippen LogP contribution is -2.39. The molecule has 0 aliphatic rings. The Hall–Kier alpha value is -1.88. The number of thiophene rings is 1. The number of aliphatic imine (C=N–C) groups is 1. The molecule has 0 saturated carbocycles. The molecule has 2 rings (SSSR count). The summed E-state index contributed by atoms with van der Waals surface area (Å²) in [5.41, 5.74) is 2.03. The number of hydrogen-bond acceptors (Lipinski definition) is 3. The summed E-state index contributed by atoms with van der Waals surface area (Å²) in [7, 11) is 2.08. The Bertz CT molecular complexity index is 592. The Balaban J connectivity index is 1.96. The zero-order chi connectivity index (χ0) is 15.8. The van der Waals surface area contributed by atoms with Gasteiger partial charge in [-0.1, -0.05) is 12.1 Å². The van der Waals surface area contributed by atoms with Gasteiger partial charge in [0.15, 0.2) is 5.96 Å². The first kappa shape index (κ1) is 16.5. The van der Waals surface area contributed by atoms with Crippen LogP contribution in [0.15, 0.2) is 40.7 Å². The number of aryl methyl sites for hydroxylation is 1. The van der Waals surface area contributed by atoms with Crippen molar-refractivity contribution in [3.63, 3.8) is 0 Å². The molecule has 0 fully saturated rings. The van der Waals surface area contributed by atoms with Crippen molar-refractivity contribution in [1.82, 2.24) is 15.2 Å². The topological polar surface area (TPSA) is 40.5 Å². The van der Waals surface area contributed by atoms with Crippen LogP contribution in [0.3, 0.4) is 0 Å². The third-order valence-electron chi connectivity index (χ3n) is 3.31. The zero-order valence-corrected chi connectivity index (χ0v) is 14.4. The molecule has 0 atom stereocenters.